The smallest absolute Gasteiger partial charge is 0.357 e. The Bertz CT molecular complexity index is 665. The van der Waals surface area contributed by atoms with E-state index in [0.717, 1.165) is 17.5 Å². The lowest BCUT2D eigenvalue weighted by Gasteiger charge is -2.11. The molecule has 0 bridgehead atoms. The molecule has 2 aromatic rings. The van der Waals surface area contributed by atoms with Crippen molar-refractivity contribution in [2.45, 2.75) is 13.3 Å². The maximum Gasteiger partial charge on any atom is 0.357 e. The molecule has 0 saturated heterocycles. The molecular formula is C14H15BrN2O3. The van der Waals surface area contributed by atoms with Gasteiger partial charge in [0.1, 0.15) is 5.75 Å². The first-order chi connectivity index (χ1) is 9.49. The highest BCUT2D eigenvalue weighted by Crippen LogP contribution is 2.37. The van der Waals surface area contributed by atoms with Gasteiger partial charge in [-0.1, -0.05) is 13.0 Å². The van der Waals surface area contributed by atoms with Gasteiger partial charge in [0.05, 0.1) is 17.3 Å². The van der Waals surface area contributed by atoms with Crippen LogP contribution in [-0.4, -0.2) is 28.0 Å². The lowest BCUT2D eigenvalue weighted by molar-refractivity contribution is 0.0688. The molecule has 0 aliphatic rings. The summed E-state index contributed by atoms with van der Waals surface area (Å²) in [5.41, 5.74) is 2.65. The van der Waals surface area contributed by atoms with Crippen LogP contribution >= 0.6 is 15.9 Å². The summed E-state index contributed by atoms with van der Waals surface area (Å²) in [6.45, 7) is 2.06. The topological polar surface area (TPSA) is 64.3 Å². The fraction of sp³-hybridized carbons (Fsp3) is 0.286. The van der Waals surface area contributed by atoms with Crippen LogP contribution in [0.3, 0.4) is 0 Å². The predicted molar refractivity (Wildman–Crippen MR) is 79.2 cm³/mol. The number of nitrogens with zero attached hydrogens (tertiary/aromatic N) is 2. The third-order valence-corrected chi connectivity index (χ3v) is 3.87. The molecule has 1 heterocycles. The van der Waals surface area contributed by atoms with E-state index in [-0.39, 0.29) is 5.69 Å². The van der Waals surface area contributed by atoms with Gasteiger partial charge in [0, 0.05) is 12.6 Å². The number of hydrogen-bond acceptors (Lipinski definition) is 3. The molecule has 0 unspecified atom stereocenters. The monoisotopic (exact) mass is 338 g/mol. The number of methoxy groups -OCH3 is 1. The largest absolute Gasteiger partial charge is 0.496 e. The van der Waals surface area contributed by atoms with Gasteiger partial charge < -0.3 is 9.84 Å². The van der Waals surface area contributed by atoms with Gasteiger partial charge in [-0.2, -0.15) is 5.10 Å². The van der Waals surface area contributed by atoms with Gasteiger partial charge in [-0.3, -0.25) is 4.68 Å². The van der Waals surface area contributed by atoms with Gasteiger partial charge in [-0.05, 0) is 40.0 Å². The van der Waals surface area contributed by atoms with E-state index < -0.39 is 5.97 Å². The van der Waals surface area contributed by atoms with Crippen molar-refractivity contribution in [2.75, 3.05) is 7.11 Å². The quantitative estimate of drug-likeness (QED) is 0.930. The SMILES string of the molecule is CCc1ccc(OC)c(-c2c(Br)c(C(=O)O)nn2C)c1. The number of carboxylic acids is 1. The number of benzene rings is 1. The van der Waals surface area contributed by atoms with Crippen LogP contribution in [-0.2, 0) is 13.5 Å². The van der Waals surface area contributed by atoms with E-state index in [1.165, 1.54) is 0 Å². The maximum atomic E-state index is 11.2. The highest BCUT2D eigenvalue weighted by Gasteiger charge is 2.22. The molecule has 20 heavy (non-hydrogen) atoms. The average Bonchev–Trinajstić information content (AvgIpc) is 2.73. The molecule has 0 amide bonds. The van der Waals surface area contributed by atoms with Crippen LogP contribution in [0, 0.1) is 0 Å². The number of carboxylic acid groups (broad SMARTS) is 1. The fourth-order valence-corrected chi connectivity index (χ4v) is 2.81. The van der Waals surface area contributed by atoms with Gasteiger partial charge >= 0.3 is 5.97 Å². The zero-order chi connectivity index (χ0) is 14.9. The summed E-state index contributed by atoms with van der Waals surface area (Å²) < 4.78 is 7.37. The zero-order valence-electron chi connectivity index (χ0n) is 11.5. The first-order valence-electron chi connectivity index (χ1n) is 6.12. The number of hydrogen-bond donors (Lipinski definition) is 1. The Balaban J connectivity index is 2.70. The summed E-state index contributed by atoms with van der Waals surface area (Å²) in [6, 6.07) is 5.87. The minimum atomic E-state index is -1.07. The van der Waals surface area contributed by atoms with Crippen molar-refractivity contribution < 1.29 is 14.6 Å². The molecule has 1 aromatic heterocycles. The number of carbonyl (C=O) groups is 1. The second-order valence-corrected chi connectivity index (χ2v) is 5.12. The first-order valence-corrected chi connectivity index (χ1v) is 6.92. The molecule has 106 valence electrons. The van der Waals surface area contributed by atoms with Crippen LogP contribution in [0.25, 0.3) is 11.3 Å². The lowest BCUT2D eigenvalue weighted by Crippen LogP contribution is -2.00. The van der Waals surface area contributed by atoms with Crippen molar-refractivity contribution in [1.82, 2.24) is 9.78 Å². The summed E-state index contributed by atoms with van der Waals surface area (Å²) in [5.74, 6) is -0.382. The lowest BCUT2D eigenvalue weighted by atomic mass is 10.0. The van der Waals surface area contributed by atoms with Gasteiger partial charge in [0.25, 0.3) is 0 Å². The van der Waals surface area contributed by atoms with Crippen molar-refractivity contribution in [3.05, 3.63) is 33.9 Å². The second-order valence-electron chi connectivity index (χ2n) is 4.33. The van der Waals surface area contributed by atoms with E-state index in [1.807, 2.05) is 18.2 Å². The van der Waals surface area contributed by atoms with Gasteiger partial charge in [0.15, 0.2) is 5.69 Å². The van der Waals surface area contributed by atoms with Crippen LogP contribution in [0.5, 0.6) is 5.75 Å². The van der Waals surface area contributed by atoms with E-state index >= 15 is 0 Å². The Hall–Kier alpha value is -1.82. The molecule has 0 saturated carbocycles. The van der Waals surface area contributed by atoms with E-state index in [0.29, 0.717) is 15.9 Å². The Morgan fingerprint density at radius 2 is 2.20 bits per heavy atom. The predicted octanol–water partition coefficient (Wildman–Crippen LogP) is 3.12. The van der Waals surface area contributed by atoms with Crippen molar-refractivity contribution >= 4 is 21.9 Å². The van der Waals surface area contributed by atoms with Crippen molar-refractivity contribution in [3.8, 4) is 17.0 Å². The Labute approximate surface area is 125 Å². The number of ether oxygens (including phenoxy) is 1. The van der Waals surface area contributed by atoms with Crippen LogP contribution in [0.1, 0.15) is 23.0 Å². The Kier molecular flexibility index (Phi) is 4.13. The van der Waals surface area contributed by atoms with Crippen LogP contribution in [0.15, 0.2) is 22.7 Å². The average molecular weight is 339 g/mol. The van der Waals surface area contributed by atoms with E-state index in [4.69, 9.17) is 9.84 Å². The third kappa shape index (κ3) is 2.43. The molecule has 2 rings (SSSR count). The number of aromatic nitrogens is 2. The van der Waals surface area contributed by atoms with Crippen LogP contribution < -0.4 is 4.74 Å². The Morgan fingerprint density at radius 3 is 2.70 bits per heavy atom. The van der Waals surface area contributed by atoms with E-state index in [2.05, 4.69) is 28.0 Å². The molecule has 0 fully saturated rings. The molecule has 1 aromatic carbocycles. The molecule has 0 spiro atoms. The van der Waals surface area contributed by atoms with Crippen molar-refractivity contribution in [1.29, 1.82) is 0 Å². The normalized spacial score (nSPS) is 10.6. The molecule has 0 aliphatic carbocycles. The van der Waals surface area contributed by atoms with Crippen molar-refractivity contribution in [2.24, 2.45) is 7.05 Å². The second kappa shape index (κ2) is 5.66. The highest BCUT2D eigenvalue weighted by atomic mass is 79.9. The van der Waals surface area contributed by atoms with E-state index in [9.17, 15) is 4.79 Å². The van der Waals surface area contributed by atoms with Crippen molar-refractivity contribution in [3.63, 3.8) is 0 Å². The molecule has 1 N–H and O–H groups in total. The number of rotatable bonds is 4. The Morgan fingerprint density at radius 1 is 1.50 bits per heavy atom. The summed E-state index contributed by atoms with van der Waals surface area (Å²) in [6.07, 6.45) is 0.887. The molecule has 6 heteroatoms. The minimum absolute atomic E-state index is 0.00791. The highest BCUT2D eigenvalue weighted by molar-refractivity contribution is 9.10. The summed E-state index contributed by atoms with van der Waals surface area (Å²) in [5, 5.41) is 13.2. The first kappa shape index (κ1) is 14.6. The van der Waals surface area contributed by atoms with E-state index in [1.54, 1.807) is 18.8 Å². The zero-order valence-corrected chi connectivity index (χ0v) is 13.1. The summed E-state index contributed by atoms with van der Waals surface area (Å²) in [7, 11) is 3.30. The van der Waals surface area contributed by atoms with Crippen LogP contribution in [0.2, 0.25) is 0 Å². The molecular weight excluding hydrogens is 324 g/mol. The van der Waals surface area contributed by atoms with Gasteiger partial charge in [-0.15, -0.1) is 0 Å². The minimum Gasteiger partial charge on any atom is -0.496 e. The maximum absolute atomic E-state index is 11.2. The standard InChI is InChI=1S/C14H15BrN2O3/c1-4-8-5-6-10(20-3)9(7-8)13-11(15)12(14(18)19)16-17(13)2/h5-7H,4H2,1-3H3,(H,18,19). The van der Waals surface area contributed by atoms with Crippen LogP contribution in [0.4, 0.5) is 0 Å². The fourth-order valence-electron chi connectivity index (χ4n) is 2.09. The number of aromatic carboxylic acids is 1. The summed E-state index contributed by atoms with van der Waals surface area (Å²) >= 11 is 3.33. The molecule has 0 radical (unpaired) electrons. The van der Waals surface area contributed by atoms with Gasteiger partial charge in [-0.25, -0.2) is 4.79 Å². The summed E-state index contributed by atoms with van der Waals surface area (Å²) in [4.78, 5) is 11.2. The van der Waals surface area contributed by atoms with Gasteiger partial charge in [0.2, 0.25) is 0 Å². The third-order valence-electron chi connectivity index (χ3n) is 3.12. The molecule has 5 nitrogen and oxygen atoms in total. The number of halogens is 1. The number of aryl methyl sites for hydroxylation is 2. The molecule has 0 aliphatic heterocycles. The molecule has 0 atom stereocenters.